The fourth-order valence-electron chi connectivity index (χ4n) is 1.58. The second-order valence-electron chi connectivity index (χ2n) is 4.37. The van der Waals surface area contributed by atoms with Crippen LogP contribution in [0.5, 0.6) is 0 Å². The van der Waals surface area contributed by atoms with Gasteiger partial charge in [-0.2, -0.15) is 0 Å². The molecule has 14 heavy (non-hydrogen) atoms. The minimum absolute atomic E-state index is 0.248. The van der Waals surface area contributed by atoms with Crippen LogP contribution in [0.3, 0.4) is 0 Å². The average Bonchev–Trinajstić information content (AvgIpc) is 2.21. The molecule has 0 N–H and O–H groups in total. The van der Waals surface area contributed by atoms with Crippen molar-refractivity contribution in [2.24, 2.45) is 0 Å². The van der Waals surface area contributed by atoms with Crippen molar-refractivity contribution < 1.29 is 0 Å². The Morgan fingerprint density at radius 1 is 1.14 bits per heavy atom. The zero-order valence-electron chi connectivity index (χ0n) is 10.0. The highest BCUT2D eigenvalue weighted by Crippen LogP contribution is 2.29. The summed E-state index contributed by atoms with van der Waals surface area (Å²) in [6.07, 6.45) is 2.30. The Bertz CT molecular complexity index is 311. The van der Waals surface area contributed by atoms with Crippen LogP contribution in [0, 0.1) is 13.8 Å². The molecule has 1 aromatic rings. The maximum absolute atomic E-state index is 4.69. The van der Waals surface area contributed by atoms with Crippen LogP contribution in [0.25, 0.3) is 0 Å². The lowest BCUT2D eigenvalue weighted by molar-refractivity contribution is 0.425. The Labute approximate surface area is 87.6 Å². The average molecular weight is 191 g/mol. The molecule has 0 unspecified atom stereocenters. The van der Waals surface area contributed by atoms with Gasteiger partial charge in [-0.05, 0) is 38.3 Å². The van der Waals surface area contributed by atoms with Gasteiger partial charge in [-0.25, -0.2) is 0 Å². The molecule has 0 aliphatic carbocycles. The van der Waals surface area contributed by atoms with E-state index in [9.17, 15) is 0 Å². The smallest absolute Gasteiger partial charge is 0.0465 e. The summed E-state index contributed by atoms with van der Waals surface area (Å²) in [5, 5.41) is 0. The van der Waals surface area contributed by atoms with Crippen molar-refractivity contribution in [3.63, 3.8) is 0 Å². The van der Waals surface area contributed by atoms with E-state index >= 15 is 0 Å². The van der Waals surface area contributed by atoms with Crippen LogP contribution >= 0.6 is 0 Å². The fraction of sp³-hybridized carbons (Fsp3) is 0.615. The summed E-state index contributed by atoms with van der Waals surface area (Å²) < 4.78 is 0. The molecule has 1 heteroatoms. The van der Waals surface area contributed by atoms with E-state index < -0.39 is 0 Å². The van der Waals surface area contributed by atoms with Gasteiger partial charge in [-0.1, -0.05) is 26.8 Å². The quantitative estimate of drug-likeness (QED) is 0.708. The van der Waals surface area contributed by atoms with Crippen molar-refractivity contribution in [2.45, 2.75) is 52.9 Å². The molecule has 0 aliphatic rings. The normalized spacial score (nSPS) is 11.8. The zero-order valence-corrected chi connectivity index (χ0v) is 10.0. The molecule has 1 heterocycles. The Morgan fingerprint density at radius 2 is 1.71 bits per heavy atom. The van der Waals surface area contributed by atoms with Crippen LogP contribution < -0.4 is 0 Å². The van der Waals surface area contributed by atoms with E-state index in [1.165, 1.54) is 11.3 Å². The van der Waals surface area contributed by atoms with Gasteiger partial charge in [0, 0.05) is 16.8 Å². The Morgan fingerprint density at radius 3 is 2.14 bits per heavy atom. The summed E-state index contributed by atoms with van der Waals surface area (Å²) in [7, 11) is 0. The zero-order chi connectivity index (χ0) is 10.8. The summed E-state index contributed by atoms with van der Waals surface area (Å²) in [6.45, 7) is 11.0. The summed E-state index contributed by atoms with van der Waals surface area (Å²) in [5.41, 5.74) is 3.93. The predicted molar refractivity (Wildman–Crippen MR) is 61.6 cm³/mol. The van der Waals surface area contributed by atoms with Crippen molar-refractivity contribution in [3.8, 4) is 0 Å². The molecule has 1 rings (SSSR count). The number of nitrogens with zero attached hydrogens (tertiary/aromatic N) is 1. The predicted octanol–water partition coefficient (Wildman–Crippen LogP) is 3.78. The molecule has 0 aliphatic heterocycles. The highest BCUT2D eigenvalue weighted by atomic mass is 14.7. The van der Waals surface area contributed by atoms with Crippen LogP contribution in [0.4, 0.5) is 0 Å². The Hall–Kier alpha value is -0.850. The molecule has 0 fully saturated rings. The van der Waals surface area contributed by atoms with E-state index in [1.54, 1.807) is 0 Å². The molecular formula is C13H21N. The number of rotatable bonds is 3. The third kappa shape index (κ3) is 1.97. The third-order valence-electron chi connectivity index (χ3n) is 3.53. The SMILES string of the molecule is CCC(C)(CC)c1ccc(C)c(C)n1. The second kappa shape index (κ2) is 4.12. The van der Waals surface area contributed by atoms with Crippen LogP contribution in [0.15, 0.2) is 12.1 Å². The van der Waals surface area contributed by atoms with E-state index in [2.05, 4.69) is 51.7 Å². The molecule has 0 amide bonds. The Balaban J connectivity index is 3.12. The topological polar surface area (TPSA) is 12.9 Å². The fourth-order valence-corrected chi connectivity index (χ4v) is 1.58. The third-order valence-corrected chi connectivity index (χ3v) is 3.53. The van der Waals surface area contributed by atoms with E-state index in [4.69, 9.17) is 0 Å². The van der Waals surface area contributed by atoms with Gasteiger partial charge in [0.05, 0.1) is 0 Å². The van der Waals surface area contributed by atoms with Crippen molar-refractivity contribution in [2.75, 3.05) is 0 Å². The van der Waals surface area contributed by atoms with Crippen molar-refractivity contribution in [1.29, 1.82) is 0 Å². The molecular weight excluding hydrogens is 170 g/mol. The standard InChI is InChI=1S/C13H21N/c1-6-13(5,7-2)12-9-8-10(3)11(4)14-12/h8-9H,6-7H2,1-5H3. The molecule has 0 aromatic carbocycles. The molecule has 0 saturated heterocycles. The lowest BCUT2D eigenvalue weighted by Gasteiger charge is -2.26. The first-order chi connectivity index (χ1) is 6.53. The first-order valence-corrected chi connectivity index (χ1v) is 5.48. The van der Waals surface area contributed by atoms with E-state index in [0.717, 1.165) is 18.5 Å². The van der Waals surface area contributed by atoms with Gasteiger partial charge in [0.1, 0.15) is 0 Å². The van der Waals surface area contributed by atoms with Gasteiger partial charge in [0.15, 0.2) is 0 Å². The van der Waals surface area contributed by atoms with E-state index in [1.807, 2.05) is 0 Å². The van der Waals surface area contributed by atoms with Crippen molar-refractivity contribution in [1.82, 2.24) is 4.98 Å². The number of pyridine rings is 1. The molecule has 1 nitrogen and oxygen atoms in total. The van der Waals surface area contributed by atoms with Crippen LogP contribution in [0.1, 0.15) is 50.6 Å². The largest absolute Gasteiger partial charge is 0.257 e. The van der Waals surface area contributed by atoms with Gasteiger partial charge >= 0.3 is 0 Å². The van der Waals surface area contributed by atoms with Gasteiger partial charge < -0.3 is 0 Å². The lowest BCUT2D eigenvalue weighted by atomic mass is 9.81. The van der Waals surface area contributed by atoms with Gasteiger partial charge in [-0.15, -0.1) is 0 Å². The van der Waals surface area contributed by atoms with E-state index in [0.29, 0.717) is 0 Å². The first kappa shape index (κ1) is 11.2. The number of hydrogen-bond donors (Lipinski definition) is 0. The van der Waals surface area contributed by atoms with Gasteiger partial charge in [-0.3, -0.25) is 4.98 Å². The second-order valence-corrected chi connectivity index (χ2v) is 4.37. The van der Waals surface area contributed by atoms with Crippen LogP contribution in [-0.4, -0.2) is 4.98 Å². The minimum Gasteiger partial charge on any atom is -0.257 e. The Kier molecular flexibility index (Phi) is 3.30. The highest BCUT2D eigenvalue weighted by molar-refractivity contribution is 5.24. The maximum Gasteiger partial charge on any atom is 0.0465 e. The van der Waals surface area contributed by atoms with Crippen molar-refractivity contribution in [3.05, 3.63) is 29.1 Å². The van der Waals surface area contributed by atoms with Gasteiger partial charge in [0.25, 0.3) is 0 Å². The van der Waals surface area contributed by atoms with E-state index in [-0.39, 0.29) is 5.41 Å². The molecule has 78 valence electrons. The van der Waals surface area contributed by atoms with Crippen LogP contribution in [-0.2, 0) is 5.41 Å². The summed E-state index contributed by atoms with van der Waals surface area (Å²) >= 11 is 0. The minimum atomic E-state index is 0.248. The molecule has 0 saturated carbocycles. The number of hydrogen-bond acceptors (Lipinski definition) is 1. The maximum atomic E-state index is 4.69. The van der Waals surface area contributed by atoms with Gasteiger partial charge in [0.2, 0.25) is 0 Å². The number of aromatic nitrogens is 1. The summed E-state index contributed by atoms with van der Waals surface area (Å²) in [4.78, 5) is 4.69. The molecule has 0 radical (unpaired) electrons. The van der Waals surface area contributed by atoms with Crippen LogP contribution in [0.2, 0.25) is 0 Å². The molecule has 0 spiro atoms. The van der Waals surface area contributed by atoms with Crippen molar-refractivity contribution >= 4 is 0 Å². The number of aryl methyl sites for hydroxylation is 2. The lowest BCUT2D eigenvalue weighted by Crippen LogP contribution is -2.21. The first-order valence-electron chi connectivity index (χ1n) is 5.48. The summed E-state index contributed by atoms with van der Waals surface area (Å²) in [5.74, 6) is 0. The highest BCUT2D eigenvalue weighted by Gasteiger charge is 2.23. The molecule has 0 atom stereocenters. The molecule has 0 bridgehead atoms. The molecule has 1 aromatic heterocycles. The monoisotopic (exact) mass is 191 g/mol. The summed E-state index contributed by atoms with van der Waals surface area (Å²) in [6, 6.07) is 4.36.